The second-order valence-corrected chi connectivity index (χ2v) is 5.32. The van der Waals surface area contributed by atoms with Crippen LogP contribution < -0.4 is 0 Å². The van der Waals surface area contributed by atoms with Crippen molar-refractivity contribution < 1.29 is 4.42 Å². The van der Waals surface area contributed by atoms with E-state index in [9.17, 15) is 5.26 Å². The number of imidazole rings is 1. The van der Waals surface area contributed by atoms with Crippen molar-refractivity contribution in [1.29, 1.82) is 5.26 Å². The van der Waals surface area contributed by atoms with Gasteiger partial charge in [-0.3, -0.25) is 0 Å². The van der Waals surface area contributed by atoms with Gasteiger partial charge in [-0.2, -0.15) is 14.9 Å². The zero-order valence-electron chi connectivity index (χ0n) is 10.7. The Hall–Kier alpha value is -2.91. The summed E-state index contributed by atoms with van der Waals surface area (Å²) < 4.78 is 6.90. The van der Waals surface area contributed by atoms with E-state index in [0.717, 1.165) is 10.6 Å². The molecule has 0 saturated heterocycles. The van der Waals surface area contributed by atoms with Gasteiger partial charge >= 0.3 is 0 Å². The highest BCUT2D eigenvalue weighted by molar-refractivity contribution is 7.19. The lowest BCUT2D eigenvalue weighted by Gasteiger charge is -1.94. The number of benzene rings is 1. The molecule has 0 aliphatic heterocycles. The summed E-state index contributed by atoms with van der Waals surface area (Å²) in [6.45, 7) is 0. The predicted molar refractivity (Wildman–Crippen MR) is 78.7 cm³/mol. The van der Waals surface area contributed by atoms with Gasteiger partial charge in [0.05, 0.1) is 6.26 Å². The van der Waals surface area contributed by atoms with E-state index in [1.807, 2.05) is 30.3 Å². The van der Waals surface area contributed by atoms with Crippen molar-refractivity contribution in [2.75, 3.05) is 0 Å². The van der Waals surface area contributed by atoms with Crippen molar-refractivity contribution in [2.24, 2.45) is 0 Å². The van der Waals surface area contributed by atoms with Gasteiger partial charge in [-0.1, -0.05) is 41.7 Å². The number of hydrogen-bond acceptors (Lipinski definition) is 5. The molecule has 4 aromatic rings. The Labute approximate surface area is 123 Å². The molecule has 0 aliphatic carbocycles. The smallest absolute Gasteiger partial charge is 0.214 e. The molecule has 6 heteroatoms. The van der Waals surface area contributed by atoms with Gasteiger partial charge in [-0.25, -0.2) is 4.98 Å². The van der Waals surface area contributed by atoms with Crippen LogP contribution in [0, 0.1) is 11.3 Å². The first-order chi connectivity index (χ1) is 10.4. The number of nitriles is 1. The molecule has 0 bridgehead atoms. The number of nitrogens with zero attached hydrogens (tertiary/aromatic N) is 4. The molecule has 0 N–H and O–H groups in total. The third-order valence-corrected chi connectivity index (χ3v) is 4.04. The molecule has 4 rings (SSSR count). The number of fused-ring (bicyclic) bond motifs is 1. The highest BCUT2D eigenvalue weighted by Crippen LogP contribution is 2.30. The molecular weight excluding hydrogens is 284 g/mol. The van der Waals surface area contributed by atoms with E-state index < -0.39 is 0 Å². The Balaban J connectivity index is 1.92. The van der Waals surface area contributed by atoms with Crippen molar-refractivity contribution in [2.45, 2.75) is 0 Å². The molecule has 3 aromatic heterocycles. The Morgan fingerprint density at radius 1 is 1.14 bits per heavy atom. The van der Waals surface area contributed by atoms with Crippen LogP contribution in [0.5, 0.6) is 0 Å². The third-order valence-electron chi connectivity index (χ3n) is 3.08. The minimum Gasteiger partial charge on any atom is -0.463 e. The summed E-state index contributed by atoms with van der Waals surface area (Å²) in [4.78, 5) is 5.15. The molecule has 0 saturated carbocycles. The van der Waals surface area contributed by atoms with Gasteiger partial charge in [0, 0.05) is 5.56 Å². The second kappa shape index (κ2) is 4.58. The van der Waals surface area contributed by atoms with Gasteiger partial charge in [0.1, 0.15) is 16.8 Å². The standard InChI is InChI=1S/C15H8N4OS/c16-9-11-13(12-7-4-8-20-12)17-15-19(11)18-14(21-15)10-5-2-1-3-6-10/h1-8H. The largest absolute Gasteiger partial charge is 0.463 e. The Morgan fingerprint density at radius 3 is 2.71 bits per heavy atom. The molecule has 0 atom stereocenters. The fourth-order valence-electron chi connectivity index (χ4n) is 2.13. The fraction of sp³-hybridized carbons (Fsp3) is 0. The highest BCUT2D eigenvalue weighted by Gasteiger charge is 2.19. The summed E-state index contributed by atoms with van der Waals surface area (Å²) in [5.74, 6) is 0.575. The molecule has 21 heavy (non-hydrogen) atoms. The quantitative estimate of drug-likeness (QED) is 0.566. The fourth-order valence-corrected chi connectivity index (χ4v) is 3.04. The van der Waals surface area contributed by atoms with E-state index in [0.29, 0.717) is 22.1 Å². The van der Waals surface area contributed by atoms with Crippen LogP contribution in [-0.4, -0.2) is 14.6 Å². The van der Waals surface area contributed by atoms with E-state index >= 15 is 0 Å². The van der Waals surface area contributed by atoms with Crippen molar-refractivity contribution in [3.05, 3.63) is 54.4 Å². The summed E-state index contributed by atoms with van der Waals surface area (Å²) >= 11 is 1.45. The zero-order valence-corrected chi connectivity index (χ0v) is 11.5. The molecule has 0 radical (unpaired) electrons. The number of furan rings is 1. The van der Waals surface area contributed by atoms with Crippen LogP contribution in [0.25, 0.3) is 27.0 Å². The zero-order chi connectivity index (χ0) is 14.2. The summed E-state index contributed by atoms with van der Waals surface area (Å²) in [6.07, 6.45) is 1.56. The lowest BCUT2D eigenvalue weighted by atomic mass is 10.2. The van der Waals surface area contributed by atoms with Crippen LogP contribution >= 0.6 is 11.3 Å². The molecule has 5 nitrogen and oxygen atoms in total. The maximum atomic E-state index is 9.40. The van der Waals surface area contributed by atoms with E-state index in [1.165, 1.54) is 11.3 Å². The Morgan fingerprint density at radius 2 is 2.00 bits per heavy atom. The third kappa shape index (κ3) is 1.83. The monoisotopic (exact) mass is 292 g/mol. The van der Waals surface area contributed by atoms with Crippen LogP contribution in [0.4, 0.5) is 0 Å². The molecule has 100 valence electrons. The van der Waals surface area contributed by atoms with Gasteiger partial charge in [-0.15, -0.1) is 0 Å². The maximum absolute atomic E-state index is 9.40. The topological polar surface area (TPSA) is 67.1 Å². The minimum absolute atomic E-state index is 0.387. The van der Waals surface area contributed by atoms with Crippen molar-refractivity contribution in [1.82, 2.24) is 14.6 Å². The summed E-state index contributed by atoms with van der Waals surface area (Å²) in [5, 5.41) is 14.7. The van der Waals surface area contributed by atoms with Crippen LogP contribution in [0.2, 0.25) is 0 Å². The molecule has 0 fully saturated rings. The van der Waals surface area contributed by atoms with Crippen LogP contribution in [-0.2, 0) is 0 Å². The van der Waals surface area contributed by atoms with E-state index in [1.54, 1.807) is 22.9 Å². The van der Waals surface area contributed by atoms with Crippen LogP contribution in [0.15, 0.2) is 53.1 Å². The average molecular weight is 292 g/mol. The van der Waals surface area contributed by atoms with Gasteiger partial charge in [0.25, 0.3) is 0 Å². The van der Waals surface area contributed by atoms with Crippen LogP contribution in [0.1, 0.15) is 5.69 Å². The van der Waals surface area contributed by atoms with Gasteiger partial charge < -0.3 is 4.42 Å². The molecule has 0 unspecified atom stereocenters. The van der Waals surface area contributed by atoms with E-state index in [2.05, 4.69) is 16.2 Å². The van der Waals surface area contributed by atoms with E-state index in [-0.39, 0.29) is 0 Å². The summed E-state index contributed by atoms with van der Waals surface area (Å²) in [5.41, 5.74) is 1.93. The lowest BCUT2D eigenvalue weighted by molar-refractivity contribution is 0.580. The minimum atomic E-state index is 0.387. The summed E-state index contributed by atoms with van der Waals surface area (Å²) in [7, 11) is 0. The first-order valence-corrected chi connectivity index (χ1v) is 7.07. The normalized spacial score (nSPS) is 10.8. The van der Waals surface area contributed by atoms with Crippen molar-refractivity contribution in [3.63, 3.8) is 0 Å². The van der Waals surface area contributed by atoms with Gasteiger partial charge in [-0.05, 0) is 12.1 Å². The molecule has 0 aliphatic rings. The predicted octanol–water partition coefficient (Wildman–Crippen LogP) is 3.59. The number of hydrogen-bond donors (Lipinski definition) is 0. The Bertz CT molecular complexity index is 945. The maximum Gasteiger partial charge on any atom is 0.214 e. The van der Waals surface area contributed by atoms with Crippen molar-refractivity contribution in [3.8, 4) is 28.1 Å². The van der Waals surface area contributed by atoms with Crippen molar-refractivity contribution >= 4 is 16.3 Å². The SMILES string of the molecule is N#Cc1c(-c2ccco2)nc2sc(-c3ccccc3)nn12. The van der Waals surface area contributed by atoms with Crippen LogP contribution in [0.3, 0.4) is 0 Å². The molecule has 0 spiro atoms. The lowest BCUT2D eigenvalue weighted by Crippen LogP contribution is -1.90. The summed E-state index contributed by atoms with van der Waals surface area (Å²) in [6, 6.07) is 15.5. The number of aromatic nitrogens is 3. The first kappa shape index (κ1) is 11.9. The molecule has 0 amide bonds. The highest BCUT2D eigenvalue weighted by atomic mass is 32.1. The van der Waals surface area contributed by atoms with Gasteiger partial charge in [0.2, 0.25) is 4.96 Å². The molecule has 1 aromatic carbocycles. The first-order valence-electron chi connectivity index (χ1n) is 6.26. The second-order valence-electron chi connectivity index (χ2n) is 4.37. The molecular formula is C15H8N4OS. The number of rotatable bonds is 2. The average Bonchev–Trinajstić information content (AvgIpc) is 3.22. The molecule has 3 heterocycles. The van der Waals surface area contributed by atoms with Gasteiger partial charge in [0.15, 0.2) is 11.5 Å². The van der Waals surface area contributed by atoms with E-state index in [4.69, 9.17) is 4.42 Å². The Kier molecular flexibility index (Phi) is 2.59.